The van der Waals surface area contributed by atoms with Crippen LogP contribution in [0.25, 0.3) is 0 Å². The lowest BCUT2D eigenvalue weighted by atomic mass is 9.73. The monoisotopic (exact) mass is 234 g/mol. The summed E-state index contributed by atoms with van der Waals surface area (Å²) in [5.74, 6) is -1.52. The fourth-order valence-corrected chi connectivity index (χ4v) is 4.21. The van der Waals surface area contributed by atoms with Crippen molar-refractivity contribution in [2.24, 2.45) is 17.3 Å². The lowest BCUT2D eigenvalue weighted by molar-refractivity contribution is -0.147. The van der Waals surface area contributed by atoms with E-state index in [4.69, 9.17) is 5.11 Å². The number of hydrogen-bond donors (Lipinski definition) is 1. The van der Waals surface area contributed by atoms with Crippen LogP contribution in [0.2, 0.25) is 0 Å². The predicted octanol–water partition coefficient (Wildman–Crippen LogP) is 1.17. The molecule has 5 heteroatoms. The second-order valence-electron chi connectivity index (χ2n) is 5.35. The molecule has 1 heterocycles. The van der Waals surface area contributed by atoms with Crippen molar-refractivity contribution in [2.75, 3.05) is 11.5 Å². The highest BCUT2D eigenvalue weighted by Gasteiger charge is 2.43. The first-order valence-corrected chi connectivity index (χ1v) is 6.89. The highest BCUT2D eigenvalue weighted by Crippen LogP contribution is 2.37. The summed E-state index contributed by atoms with van der Waals surface area (Å²) < 4.78 is 22.6. The molecule has 2 atom stereocenters. The number of hydrogen-bond acceptors (Lipinski definition) is 3. The highest BCUT2D eigenvalue weighted by molar-refractivity contribution is 7.91. The molecule has 1 fully saturated rings. The van der Waals surface area contributed by atoms with E-state index >= 15 is 0 Å². The second-order valence-corrected chi connectivity index (χ2v) is 7.57. The maximum Gasteiger partial charge on any atom is 0.307 e. The van der Waals surface area contributed by atoms with Crippen LogP contribution in [0, 0.1) is 17.3 Å². The van der Waals surface area contributed by atoms with Crippen molar-refractivity contribution in [1.29, 1.82) is 0 Å². The molecule has 0 radical (unpaired) electrons. The van der Waals surface area contributed by atoms with Crippen LogP contribution in [0.15, 0.2) is 0 Å². The second kappa shape index (κ2) is 3.77. The topological polar surface area (TPSA) is 71.4 Å². The third kappa shape index (κ3) is 2.93. The Kier molecular flexibility index (Phi) is 3.14. The van der Waals surface area contributed by atoms with Gasteiger partial charge < -0.3 is 5.11 Å². The van der Waals surface area contributed by atoms with Gasteiger partial charge in [0.1, 0.15) is 0 Å². The van der Waals surface area contributed by atoms with Crippen molar-refractivity contribution in [3.63, 3.8) is 0 Å². The normalized spacial score (nSPS) is 27.5. The molecule has 1 aliphatic rings. The van der Waals surface area contributed by atoms with Crippen LogP contribution in [0.1, 0.15) is 27.2 Å². The van der Waals surface area contributed by atoms with E-state index in [9.17, 15) is 13.2 Å². The van der Waals surface area contributed by atoms with Crippen molar-refractivity contribution in [2.45, 2.75) is 27.2 Å². The fourth-order valence-electron chi connectivity index (χ4n) is 2.37. The van der Waals surface area contributed by atoms with Gasteiger partial charge in [-0.2, -0.15) is 0 Å². The molecule has 4 nitrogen and oxygen atoms in total. The van der Waals surface area contributed by atoms with E-state index in [2.05, 4.69) is 0 Å². The van der Waals surface area contributed by atoms with Crippen LogP contribution in [0.4, 0.5) is 0 Å². The molecule has 1 rings (SSSR count). The third-order valence-corrected chi connectivity index (χ3v) is 4.73. The molecule has 0 aliphatic carbocycles. The summed E-state index contributed by atoms with van der Waals surface area (Å²) in [5.41, 5.74) is -0.393. The van der Waals surface area contributed by atoms with Crippen molar-refractivity contribution in [3.05, 3.63) is 0 Å². The molecular formula is C10H18O4S. The summed E-state index contributed by atoms with van der Waals surface area (Å²) in [7, 11) is -3.00. The molecule has 1 aliphatic heterocycles. The molecule has 0 saturated carbocycles. The summed E-state index contributed by atoms with van der Waals surface area (Å²) in [6.07, 6.45) is 0.483. The van der Waals surface area contributed by atoms with Gasteiger partial charge in [0.25, 0.3) is 0 Å². The first-order valence-electron chi connectivity index (χ1n) is 5.07. The average molecular weight is 234 g/mol. The van der Waals surface area contributed by atoms with Crippen LogP contribution in [0.5, 0.6) is 0 Å². The largest absolute Gasteiger partial charge is 0.481 e. The Morgan fingerprint density at radius 2 is 1.93 bits per heavy atom. The van der Waals surface area contributed by atoms with Gasteiger partial charge in [-0.3, -0.25) is 4.79 Å². The number of carbonyl (C=O) groups is 1. The molecule has 15 heavy (non-hydrogen) atoms. The van der Waals surface area contributed by atoms with Gasteiger partial charge in [-0.05, 0) is 17.8 Å². The Morgan fingerprint density at radius 3 is 2.20 bits per heavy atom. The Labute approximate surface area is 90.6 Å². The number of rotatable bonds is 2. The van der Waals surface area contributed by atoms with Gasteiger partial charge >= 0.3 is 5.97 Å². The van der Waals surface area contributed by atoms with Crippen LogP contribution < -0.4 is 0 Å². The minimum atomic E-state index is -3.00. The van der Waals surface area contributed by atoms with Crippen LogP contribution in [0.3, 0.4) is 0 Å². The molecule has 2 unspecified atom stereocenters. The molecule has 0 amide bonds. The average Bonchev–Trinajstić information content (AvgIpc) is 2.25. The van der Waals surface area contributed by atoms with Crippen LogP contribution >= 0.6 is 0 Å². The molecule has 1 saturated heterocycles. The smallest absolute Gasteiger partial charge is 0.307 e. The molecule has 0 aromatic carbocycles. The van der Waals surface area contributed by atoms with Crippen LogP contribution in [-0.2, 0) is 14.6 Å². The lowest BCUT2D eigenvalue weighted by Crippen LogP contribution is -2.35. The van der Waals surface area contributed by atoms with Gasteiger partial charge in [0.05, 0.1) is 17.4 Å². The molecule has 0 aromatic heterocycles. The van der Waals surface area contributed by atoms with Gasteiger partial charge in [-0.15, -0.1) is 0 Å². The van der Waals surface area contributed by atoms with E-state index in [0.29, 0.717) is 6.42 Å². The molecule has 88 valence electrons. The minimum absolute atomic E-state index is 0.0290. The maximum absolute atomic E-state index is 11.3. The zero-order valence-electron chi connectivity index (χ0n) is 9.36. The third-order valence-electron chi connectivity index (χ3n) is 2.94. The van der Waals surface area contributed by atoms with E-state index in [0.717, 1.165) is 0 Å². The van der Waals surface area contributed by atoms with Crippen molar-refractivity contribution in [1.82, 2.24) is 0 Å². The molecule has 0 aromatic rings. The number of carboxylic acids is 1. The number of carboxylic acid groups (broad SMARTS) is 1. The first-order chi connectivity index (χ1) is 6.63. The van der Waals surface area contributed by atoms with E-state index in [1.54, 1.807) is 0 Å². The van der Waals surface area contributed by atoms with Gasteiger partial charge in [-0.1, -0.05) is 20.8 Å². The maximum atomic E-state index is 11.3. The van der Waals surface area contributed by atoms with Gasteiger partial charge in [0, 0.05) is 0 Å². The Hall–Kier alpha value is -0.580. The Balaban J connectivity index is 2.90. The Morgan fingerprint density at radius 1 is 1.40 bits per heavy atom. The summed E-state index contributed by atoms with van der Waals surface area (Å²) in [6, 6.07) is 0. The molecule has 0 spiro atoms. The number of sulfone groups is 1. The standard InChI is InChI=1S/C10H18O4S/c1-10(2,3)8(9(11)12)7-4-5-15(13,14)6-7/h7-8H,4-6H2,1-3H3,(H,11,12). The summed E-state index contributed by atoms with van der Waals surface area (Å²) in [6.45, 7) is 5.53. The van der Waals surface area contributed by atoms with E-state index in [1.807, 2.05) is 20.8 Å². The van der Waals surface area contributed by atoms with Gasteiger partial charge in [0.15, 0.2) is 9.84 Å². The van der Waals surface area contributed by atoms with Crippen molar-refractivity contribution < 1.29 is 18.3 Å². The highest BCUT2D eigenvalue weighted by atomic mass is 32.2. The summed E-state index contributed by atoms with van der Waals surface area (Å²) in [4.78, 5) is 11.1. The quantitative estimate of drug-likeness (QED) is 0.778. The molecule has 1 N–H and O–H groups in total. The van der Waals surface area contributed by atoms with Crippen molar-refractivity contribution >= 4 is 15.8 Å². The first kappa shape index (κ1) is 12.5. The van der Waals surface area contributed by atoms with Crippen LogP contribution in [-0.4, -0.2) is 31.0 Å². The summed E-state index contributed by atoms with van der Waals surface area (Å²) in [5, 5.41) is 9.14. The zero-order valence-corrected chi connectivity index (χ0v) is 10.2. The molecular weight excluding hydrogens is 216 g/mol. The van der Waals surface area contributed by atoms with Gasteiger partial charge in [0.2, 0.25) is 0 Å². The summed E-state index contributed by atoms with van der Waals surface area (Å²) >= 11 is 0. The van der Waals surface area contributed by atoms with E-state index in [-0.39, 0.29) is 17.4 Å². The molecule has 0 bridgehead atoms. The zero-order chi connectivity index (χ0) is 11.9. The lowest BCUT2D eigenvalue weighted by Gasteiger charge is -2.31. The van der Waals surface area contributed by atoms with E-state index < -0.39 is 27.1 Å². The van der Waals surface area contributed by atoms with Gasteiger partial charge in [-0.25, -0.2) is 8.42 Å². The minimum Gasteiger partial charge on any atom is -0.481 e. The predicted molar refractivity (Wildman–Crippen MR) is 57.3 cm³/mol. The number of aliphatic carboxylic acids is 1. The Bertz CT molecular complexity index is 350. The fraction of sp³-hybridized carbons (Fsp3) is 0.900. The van der Waals surface area contributed by atoms with Crippen molar-refractivity contribution in [3.8, 4) is 0 Å². The van der Waals surface area contributed by atoms with E-state index in [1.165, 1.54) is 0 Å². The SMILES string of the molecule is CC(C)(C)C(C(=O)O)C1CCS(=O)(=O)C1.